The van der Waals surface area contributed by atoms with Crippen LogP contribution in [0.1, 0.15) is 6.42 Å². The Balaban J connectivity index is 3.49. The molecule has 4 nitrogen and oxygen atoms in total. The number of aliphatic hydroxyl groups is 3. The molecule has 4 heteroatoms. The first-order chi connectivity index (χ1) is 5.74. The molecule has 12 heavy (non-hydrogen) atoms. The summed E-state index contributed by atoms with van der Waals surface area (Å²) >= 11 is 0. The largest absolute Gasteiger partial charge is 0.394 e. The van der Waals surface area contributed by atoms with Gasteiger partial charge in [0.15, 0.2) is 0 Å². The van der Waals surface area contributed by atoms with E-state index in [0.29, 0.717) is 6.42 Å². The summed E-state index contributed by atoms with van der Waals surface area (Å²) in [5.41, 5.74) is 0. The smallest absolute Gasteiger partial charge is 0.100 e. The van der Waals surface area contributed by atoms with Crippen LogP contribution >= 0.6 is 0 Å². The minimum atomic E-state index is -0.871. The van der Waals surface area contributed by atoms with E-state index >= 15 is 0 Å². The second-order valence-electron chi connectivity index (χ2n) is 2.50. The van der Waals surface area contributed by atoms with Crippen LogP contribution in [-0.2, 0) is 4.74 Å². The van der Waals surface area contributed by atoms with E-state index in [1.165, 1.54) is 0 Å². The molecule has 0 saturated carbocycles. The molecule has 0 fully saturated rings. The lowest BCUT2D eigenvalue weighted by Gasteiger charge is -2.15. The van der Waals surface area contributed by atoms with Gasteiger partial charge in [-0.25, -0.2) is 0 Å². The van der Waals surface area contributed by atoms with Gasteiger partial charge in [-0.2, -0.15) is 0 Å². The maximum atomic E-state index is 8.89. The highest BCUT2D eigenvalue weighted by molar-refractivity contribution is 4.73. The Kier molecular flexibility index (Phi) is 6.99. The summed E-state index contributed by atoms with van der Waals surface area (Å²) in [6.45, 7) is 3.10. The zero-order chi connectivity index (χ0) is 9.40. The third-order valence-electron chi connectivity index (χ3n) is 1.37. The van der Waals surface area contributed by atoms with Crippen molar-refractivity contribution in [3.8, 4) is 0 Å². The second-order valence-corrected chi connectivity index (χ2v) is 2.50. The zero-order valence-corrected chi connectivity index (χ0v) is 7.02. The molecule has 0 saturated heterocycles. The number of hydrogen-bond acceptors (Lipinski definition) is 4. The van der Waals surface area contributed by atoms with Crippen LogP contribution in [-0.4, -0.2) is 47.3 Å². The fourth-order valence-electron chi connectivity index (χ4n) is 0.681. The number of rotatable bonds is 7. The first kappa shape index (κ1) is 11.6. The molecule has 0 rings (SSSR count). The third-order valence-corrected chi connectivity index (χ3v) is 1.37. The second kappa shape index (κ2) is 7.24. The van der Waals surface area contributed by atoms with Crippen LogP contribution in [0.2, 0.25) is 0 Å². The maximum Gasteiger partial charge on any atom is 0.100 e. The van der Waals surface area contributed by atoms with Gasteiger partial charge >= 0.3 is 0 Å². The van der Waals surface area contributed by atoms with E-state index in [4.69, 9.17) is 20.1 Å². The predicted molar refractivity (Wildman–Crippen MR) is 44.7 cm³/mol. The summed E-state index contributed by atoms with van der Waals surface area (Å²) in [6.07, 6.45) is 0.966. The van der Waals surface area contributed by atoms with Crippen molar-refractivity contribution in [2.45, 2.75) is 18.6 Å². The van der Waals surface area contributed by atoms with Gasteiger partial charge in [0.2, 0.25) is 0 Å². The van der Waals surface area contributed by atoms with Gasteiger partial charge in [0.25, 0.3) is 0 Å². The topological polar surface area (TPSA) is 69.9 Å². The third kappa shape index (κ3) is 5.26. The molecule has 0 aromatic heterocycles. The number of aliphatic hydroxyl groups excluding tert-OH is 3. The minimum absolute atomic E-state index is 0.0373. The lowest BCUT2D eigenvalue weighted by Crippen LogP contribution is -2.26. The summed E-state index contributed by atoms with van der Waals surface area (Å²) < 4.78 is 5.05. The monoisotopic (exact) mass is 176 g/mol. The molecule has 0 amide bonds. The van der Waals surface area contributed by atoms with E-state index in [1.54, 1.807) is 6.08 Å². The Morgan fingerprint density at radius 1 is 1.33 bits per heavy atom. The lowest BCUT2D eigenvalue weighted by atomic mass is 10.2. The van der Waals surface area contributed by atoms with Gasteiger partial charge < -0.3 is 20.1 Å². The molecule has 0 heterocycles. The van der Waals surface area contributed by atoms with Gasteiger partial charge in [-0.1, -0.05) is 6.08 Å². The molecule has 0 aliphatic carbocycles. The van der Waals surface area contributed by atoms with Crippen LogP contribution in [0.15, 0.2) is 12.7 Å². The van der Waals surface area contributed by atoms with Crippen molar-refractivity contribution < 1.29 is 20.1 Å². The van der Waals surface area contributed by atoms with Crippen molar-refractivity contribution in [1.29, 1.82) is 0 Å². The van der Waals surface area contributed by atoms with E-state index in [1.807, 2.05) is 0 Å². The zero-order valence-electron chi connectivity index (χ0n) is 7.02. The standard InChI is InChI=1S/C8H16O4/c1-2-3-8(5-10)12-6-7(11)4-9/h2,7-11H,1,3-6H2. The van der Waals surface area contributed by atoms with Gasteiger partial charge in [0, 0.05) is 0 Å². The molecule has 0 radical (unpaired) electrons. The van der Waals surface area contributed by atoms with Crippen molar-refractivity contribution in [3.05, 3.63) is 12.7 Å². The molecule has 0 aliphatic rings. The highest BCUT2D eigenvalue weighted by atomic mass is 16.5. The van der Waals surface area contributed by atoms with E-state index in [9.17, 15) is 0 Å². The fraction of sp³-hybridized carbons (Fsp3) is 0.750. The lowest BCUT2D eigenvalue weighted by molar-refractivity contribution is -0.0444. The summed E-state index contributed by atoms with van der Waals surface area (Å²) in [6, 6.07) is 0. The van der Waals surface area contributed by atoms with Crippen LogP contribution in [0.25, 0.3) is 0 Å². The number of ether oxygens (including phenoxy) is 1. The van der Waals surface area contributed by atoms with Gasteiger partial charge in [0.05, 0.1) is 25.9 Å². The van der Waals surface area contributed by atoms with Gasteiger partial charge in [-0.3, -0.25) is 0 Å². The Bertz CT molecular complexity index is 116. The highest BCUT2D eigenvalue weighted by Crippen LogP contribution is 1.99. The van der Waals surface area contributed by atoms with E-state index in [-0.39, 0.29) is 25.9 Å². The normalized spacial score (nSPS) is 15.6. The molecule has 0 aromatic carbocycles. The predicted octanol–water partition coefficient (Wildman–Crippen LogP) is -0.707. The molecule has 3 N–H and O–H groups in total. The summed E-state index contributed by atoms with van der Waals surface area (Å²) in [7, 11) is 0. The Morgan fingerprint density at radius 3 is 2.42 bits per heavy atom. The molecule has 0 aromatic rings. The highest BCUT2D eigenvalue weighted by Gasteiger charge is 2.08. The van der Waals surface area contributed by atoms with Crippen LogP contribution in [0.5, 0.6) is 0 Å². The van der Waals surface area contributed by atoms with Gasteiger partial charge in [-0.05, 0) is 6.42 Å². The van der Waals surface area contributed by atoms with E-state index in [0.717, 1.165) is 0 Å². The van der Waals surface area contributed by atoms with E-state index in [2.05, 4.69) is 6.58 Å². The fourth-order valence-corrected chi connectivity index (χ4v) is 0.681. The number of hydrogen-bond donors (Lipinski definition) is 3. The maximum absolute atomic E-state index is 8.89. The van der Waals surface area contributed by atoms with Crippen molar-refractivity contribution in [1.82, 2.24) is 0 Å². The molecule has 2 atom stereocenters. The molecular formula is C8H16O4. The van der Waals surface area contributed by atoms with Gasteiger partial charge in [0.1, 0.15) is 6.10 Å². The first-order valence-electron chi connectivity index (χ1n) is 3.86. The molecule has 0 spiro atoms. The van der Waals surface area contributed by atoms with Crippen molar-refractivity contribution in [2.75, 3.05) is 19.8 Å². The van der Waals surface area contributed by atoms with Crippen LogP contribution in [0.3, 0.4) is 0 Å². The van der Waals surface area contributed by atoms with Crippen LogP contribution in [0.4, 0.5) is 0 Å². The molecule has 0 bridgehead atoms. The quantitative estimate of drug-likeness (QED) is 0.448. The minimum Gasteiger partial charge on any atom is -0.394 e. The summed E-state index contributed by atoms with van der Waals surface area (Å²) in [5, 5.41) is 26.1. The average Bonchev–Trinajstić information content (AvgIpc) is 2.11. The Hall–Kier alpha value is -0.420. The molecule has 72 valence electrons. The first-order valence-corrected chi connectivity index (χ1v) is 3.86. The average molecular weight is 176 g/mol. The Labute approximate surface area is 72.1 Å². The van der Waals surface area contributed by atoms with Crippen LogP contribution < -0.4 is 0 Å². The SMILES string of the molecule is C=CCC(CO)OCC(O)CO. The summed E-state index contributed by atoms with van der Waals surface area (Å²) in [5.74, 6) is 0. The van der Waals surface area contributed by atoms with E-state index < -0.39 is 6.10 Å². The van der Waals surface area contributed by atoms with Crippen molar-refractivity contribution >= 4 is 0 Å². The van der Waals surface area contributed by atoms with Gasteiger partial charge in [-0.15, -0.1) is 6.58 Å². The van der Waals surface area contributed by atoms with Crippen LogP contribution in [0, 0.1) is 0 Å². The molecular weight excluding hydrogens is 160 g/mol. The van der Waals surface area contributed by atoms with Crippen molar-refractivity contribution in [3.63, 3.8) is 0 Å². The summed E-state index contributed by atoms with van der Waals surface area (Å²) in [4.78, 5) is 0. The molecule has 2 unspecified atom stereocenters. The van der Waals surface area contributed by atoms with Crippen molar-refractivity contribution in [2.24, 2.45) is 0 Å². The Morgan fingerprint density at radius 2 is 2.00 bits per heavy atom. The molecule has 0 aliphatic heterocycles.